The molecule has 1 aliphatic carbocycles. The smallest absolute Gasteiger partial charge is 0.259 e. The highest BCUT2D eigenvalue weighted by Crippen LogP contribution is 2.32. The van der Waals surface area contributed by atoms with E-state index in [1.54, 1.807) is 67.2 Å². The Kier molecular flexibility index (Phi) is 6.38. The van der Waals surface area contributed by atoms with E-state index in [0.29, 0.717) is 27.2 Å². The van der Waals surface area contributed by atoms with Crippen LogP contribution < -0.4 is 10.2 Å². The number of anilines is 2. The maximum absolute atomic E-state index is 12.5. The van der Waals surface area contributed by atoms with Gasteiger partial charge in [0.25, 0.3) is 5.91 Å². The van der Waals surface area contributed by atoms with Crippen LogP contribution in [0.2, 0.25) is 0 Å². The summed E-state index contributed by atoms with van der Waals surface area (Å²) in [4.78, 5) is 30.8. The van der Waals surface area contributed by atoms with Crippen molar-refractivity contribution in [2.45, 2.75) is 24.2 Å². The van der Waals surface area contributed by atoms with Crippen LogP contribution in [0.3, 0.4) is 0 Å². The van der Waals surface area contributed by atoms with E-state index < -0.39 is 9.84 Å². The number of hydrogen-bond acceptors (Lipinski definition) is 6. The van der Waals surface area contributed by atoms with Gasteiger partial charge in [-0.25, -0.2) is 13.4 Å². The van der Waals surface area contributed by atoms with E-state index in [1.807, 2.05) is 0 Å². The summed E-state index contributed by atoms with van der Waals surface area (Å²) in [5, 5.41) is 5.21. The maximum atomic E-state index is 12.5. The SMILES string of the molecule is CN(C(=O)c1ccc(NC(=O)Cc2ccc(S(=O)(=O)CC3CC3)cc2)cc1)c1nccs1. The van der Waals surface area contributed by atoms with Gasteiger partial charge in [0.1, 0.15) is 0 Å². The molecule has 32 heavy (non-hydrogen) atoms. The lowest BCUT2D eigenvalue weighted by atomic mass is 10.1. The number of sulfone groups is 1. The predicted molar refractivity (Wildman–Crippen MR) is 125 cm³/mol. The topological polar surface area (TPSA) is 96.4 Å². The van der Waals surface area contributed by atoms with Crippen LogP contribution in [0.1, 0.15) is 28.8 Å². The standard InChI is InChI=1S/C23H23N3O4S2/c1-26(23-24-12-13-31-23)22(28)18-6-8-19(9-7-18)25-21(27)14-16-4-10-20(11-5-16)32(29,30)15-17-2-3-17/h4-13,17H,2-3,14-15H2,1H3,(H,25,27). The molecule has 3 aromatic rings. The predicted octanol–water partition coefficient (Wildman–Crippen LogP) is 3.78. The molecule has 0 radical (unpaired) electrons. The number of aromatic nitrogens is 1. The van der Waals surface area contributed by atoms with E-state index >= 15 is 0 Å². The number of hydrogen-bond donors (Lipinski definition) is 1. The van der Waals surface area contributed by atoms with Crippen molar-refractivity contribution in [3.8, 4) is 0 Å². The van der Waals surface area contributed by atoms with Crippen LogP contribution in [0.15, 0.2) is 65.0 Å². The highest BCUT2D eigenvalue weighted by atomic mass is 32.2. The van der Waals surface area contributed by atoms with Crippen LogP contribution in [-0.4, -0.2) is 38.0 Å². The first kappa shape index (κ1) is 22.2. The fourth-order valence-electron chi connectivity index (χ4n) is 3.25. The third-order valence-electron chi connectivity index (χ3n) is 5.23. The zero-order valence-electron chi connectivity index (χ0n) is 17.5. The number of carbonyl (C=O) groups excluding carboxylic acids is 2. The molecule has 0 bridgehead atoms. The van der Waals surface area contributed by atoms with Crippen LogP contribution >= 0.6 is 11.3 Å². The van der Waals surface area contributed by atoms with Crippen LogP contribution in [0.25, 0.3) is 0 Å². The Hall–Kier alpha value is -3.04. The Labute approximate surface area is 191 Å². The van der Waals surface area contributed by atoms with E-state index in [1.165, 1.54) is 16.2 Å². The van der Waals surface area contributed by atoms with Crippen molar-refractivity contribution < 1.29 is 18.0 Å². The summed E-state index contributed by atoms with van der Waals surface area (Å²) in [6.45, 7) is 0. The van der Waals surface area contributed by atoms with E-state index in [9.17, 15) is 18.0 Å². The minimum absolute atomic E-state index is 0.121. The van der Waals surface area contributed by atoms with Crippen LogP contribution in [0.5, 0.6) is 0 Å². The monoisotopic (exact) mass is 469 g/mol. The Morgan fingerprint density at radius 3 is 2.38 bits per heavy atom. The van der Waals surface area contributed by atoms with Crippen LogP contribution in [-0.2, 0) is 21.1 Å². The lowest BCUT2D eigenvalue weighted by molar-refractivity contribution is -0.115. The van der Waals surface area contributed by atoms with Gasteiger partial charge < -0.3 is 5.32 Å². The van der Waals surface area contributed by atoms with Gasteiger partial charge >= 0.3 is 0 Å². The first-order valence-electron chi connectivity index (χ1n) is 10.2. The molecule has 0 unspecified atom stereocenters. The Morgan fingerprint density at radius 2 is 1.78 bits per heavy atom. The molecule has 1 aliphatic rings. The average molecular weight is 470 g/mol. The molecular weight excluding hydrogens is 446 g/mol. The normalized spacial score (nSPS) is 13.5. The first-order chi connectivity index (χ1) is 15.3. The molecule has 9 heteroatoms. The Balaban J connectivity index is 1.33. The van der Waals surface area contributed by atoms with E-state index in [2.05, 4.69) is 10.3 Å². The number of benzene rings is 2. The third kappa shape index (κ3) is 5.41. The van der Waals surface area contributed by atoms with Gasteiger partial charge in [-0.1, -0.05) is 12.1 Å². The van der Waals surface area contributed by atoms with Gasteiger partial charge in [-0.05, 0) is 60.7 Å². The second kappa shape index (κ2) is 9.22. The first-order valence-corrected chi connectivity index (χ1v) is 12.7. The number of rotatable bonds is 8. The molecule has 1 N–H and O–H groups in total. The molecule has 1 heterocycles. The summed E-state index contributed by atoms with van der Waals surface area (Å²) in [6.07, 6.45) is 3.73. The summed E-state index contributed by atoms with van der Waals surface area (Å²) >= 11 is 1.38. The van der Waals surface area contributed by atoms with Crippen molar-refractivity contribution in [3.05, 3.63) is 71.2 Å². The summed E-state index contributed by atoms with van der Waals surface area (Å²) in [5.74, 6) is 0.0809. The average Bonchev–Trinajstić information content (AvgIpc) is 3.40. The molecule has 1 aromatic heterocycles. The number of amides is 2. The molecule has 1 saturated carbocycles. The number of thiazole rings is 1. The van der Waals surface area contributed by atoms with Gasteiger partial charge in [0, 0.05) is 29.9 Å². The molecule has 0 atom stereocenters. The van der Waals surface area contributed by atoms with E-state index in [4.69, 9.17) is 0 Å². The quantitative estimate of drug-likeness (QED) is 0.542. The van der Waals surface area contributed by atoms with Gasteiger partial charge in [-0.2, -0.15) is 0 Å². The summed E-state index contributed by atoms with van der Waals surface area (Å²) in [7, 11) is -1.59. The van der Waals surface area contributed by atoms with Crippen molar-refractivity contribution in [1.29, 1.82) is 0 Å². The Bertz CT molecular complexity index is 1200. The van der Waals surface area contributed by atoms with Gasteiger partial charge in [0.05, 0.1) is 17.1 Å². The van der Waals surface area contributed by atoms with Gasteiger partial charge in [0.2, 0.25) is 5.91 Å². The Morgan fingerprint density at radius 1 is 1.09 bits per heavy atom. The fourth-order valence-corrected chi connectivity index (χ4v) is 5.56. The molecule has 0 aliphatic heterocycles. The molecule has 166 valence electrons. The minimum atomic E-state index is -3.26. The minimum Gasteiger partial charge on any atom is -0.326 e. The number of carbonyl (C=O) groups is 2. The van der Waals surface area contributed by atoms with Crippen LogP contribution in [0.4, 0.5) is 10.8 Å². The maximum Gasteiger partial charge on any atom is 0.259 e. The van der Waals surface area contributed by atoms with Crippen molar-refractivity contribution in [3.63, 3.8) is 0 Å². The molecule has 2 amide bonds. The highest BCUT2D eigenvalue weighted by Gasteiger charge is 2.29. The highest BCUT2D eigenvalue weighted by molar-refractivity contribution is 7.91. The molecule has 1 fully saturated rings. The fraction of sp³-hybridized carbons (Fsp3) is 0.261. The molecular formula is C23H23N3O4S2. The summed E-state index contributed by atoms with van der Waals surface area (Å²) < 4.78 is 24.7. The number of nitrogens with one attached hydrogen (secondary N) is 1. The zero-order chi connectivity index (χ0) is 22.7. The zero-order valence-corrected chi connectivity index (χ0v) is 19.2. The summed E-state index contributed by atoms with van der Waals surface area (Å²) in [5.41, 5.74) is 1.79. The molecule has 7 nitrogen and oxygen atoms in total. The van der Waals surface area contributed by atoms with Gasteiger partial charge in [-0.3, -0.25) is 14.5 Å². The van der Waals surface area contributed by atoms with E-state index in [-0.39, 0.29) is 24.0 Å². The van der Waals surface area contributed by atoms with Crippen molar-refractivity contribution in [2.75, 3.05) is 23.0 Å². The van der Waals surface area contributed by atoms with Crippen molar-refractivity contribution in [2.24, 2.45) is 5.92 Å². The van der Waals surface area contributed by atoms with Crippen LogP contribution in [0, 0.1) is 5.92 Å². The molecule has 0 spiro atoms. The van der Waals surface area contributed by atoms with E-state index in [0.717, 1.165) is 18.4 Å². The third-order valence-corrected chi connectivity index (χ3v) is 7.97. The number of nitrogens with zero attached hydrogens (tertiary/aromatic N) is 2. The molecule has 4 rings (SSSR count). The largest absolute Gasteiger partial charge is 0.326 e. The summed E-state index contributed by atoms with van der Waals surface area (Å²) in [6, 6.07) is 13.1. The van der Waals surface area contributed by atoms with Crippen molar-refractivity contribution in [1.82, 2.24) is 4.98 Å². The second-order valence-electron chi connectivity index (χ2n) is 7.85. The lowest BCUT2D eigenvalue weighted by Gasteiger charge is -2.14. The molecule has 0 saturated heterocycles. The van der Waals surface area contributed by atoms with Gasteiger partial charge in [-0.15, -0.1) is 11.3 Å². The second-order valence-corrected chi connectivity index (χ2v) is 10.8. The lowest BCUT2D eigenvalue weighted by Crippen LogP contribution is -2.26. The van der Waals surface area contributed by atoms with Crippen molar-refractivity contribution >= 4 is 43.8 Å². The molecule has 2 aromatic carbocycles. The van der Waals surface area contributed by atoms with Gasteiger partial charge in [0.15, 0.2) is 15.0 Å².